The highest BCUT2D eigenvalue weighted by Crippen LogP contribution is 2.17. The predicted octanol–water partition coefficient (Wildman–Crippen LogP) is 2.44. The molecule has 82 valence electrons. The van der Waals surface area contributed by atoms with E-state index in [-0.39, 0.29) is 17.6 Å². The molecule has 0 saturated carbocycles. The fourth-order valence-corrected chi connectivity index (χ4v) is 1.73. The zero-order valence-electron chi connectivity index (χ0n) is 8.47. The first-order chi connectivity index (χ1) is 6.99. The van der Waals surface area contributed by atoms with Gasteiger partial charge >= 0.3 is 0 Å². The number of halogens is 2. The molecule has 0 saturated heterocycles. The standard InChI is InChI=1S/C11H13BrFNO/c1-7(14)4-9(15)5-8-2-3-11(13)10(12)6-8/h2-3,6-7H,4-5,14H2,1H3. The number of carbonyl (C=O) groups excluding carboxylic acids is 1. The van der Waals surface area contributed by atoms with Gasteiger partial charge in [0.2, 0.25) is 0 Å². The van der Waals surface area contributed by atoms with Gasteiger partial charge in [-0.05, 0) is 40.5 Å². The zero-order chi connectivity index (χ0) is 11.4. The van der Waals surface area contributed by atoms with Crippen LogP contribution in [0.4, 0.5) is 4.39 Å². The van der Waals surface area contributed by atoms with E-state index in [1.54, 1.807) is 19.1 Å². The van der Waals surface area contributed by atoms with Crippen molar-refractivity contribution in [2.24, 2.45) is 5.73 Å². The first-order valence-electron chi connectivity index (χ1n) is 4.70. The number of Topliss-reactive ketones (excluding diaryl/α,β-unsaturated/α-hetero) is 1. The Morgan fingerprint density at radius 1 is 1.60 bits per heavy atom. The highest BCUT2D eigenvalue weighted by Gasteiger charge is 2.08. The number of benzene rings is 1. The van der Waals surface area contributed by atoms with Crippen LogP contribution in [-0.4, -0.2) is 11.8 Å². The highest BCUT2D eigenvalue weighted by molar-refractivity contribution is 9.10. The molecule has 0 amide bonds. The van der Waals surface area contributed by atoms with Crippen molar-refractivity contribution in [3.05, 3.63) is 34.1 Å². The molecule has 0 heterocycles. The number of carbonyl (C=O) groups is 1. The van der Waals surface area contributed by atoms with E-state index in [0.717, 1.165) is 5.56 Å². The van der Waals surface area contributed by atoms with Crippen LogP contribution >= 0.6 is 15.9 Å². The van der Waals surface area contributed by atoms with Gasteiger partial charge in [0.25, 0.3) is 0 Å². The van der Waals surface area contributed by atoms with Crippen LogP contribution in [0.1, 0.15) is 18.9 Å². The minimum atomic E-state index is -0.321. The molecule has 2 N–H and O–H groups in total. The second-order valence-electron chi connectivity index (χ2n) is 3.65. The van der Waals surface area contributed by atoms with E-state index < -0.39 is 0 Å². The molecule has 15 heavy (non-hydrogen) atoms. The van der Waals surface area contributed by atoms with Crippen molar-refractivity contribution >= 4 is 21.7 Å². The first-order valence-corrected chi connectivity index (χ1v) is 5.49. The summed E-state index contributed by atoms with van der Waals surface area (Å²) in [4.78, 5) is 11.4. The van der Waals surface area contributed by atoms with Crippen molar-refractivity contribution in [1.29, 1.82) is 0 Å². The van der Waals surface area contributed by atoms with E-state index >= 15 is 0 Å². The van der Waals surface area contributed by atoms with Gasteiger partial charge in [-0.15, -0.1) is 0 Å². The van der Waals surface area contributed by atoms with Crippen molar-refractivity contribution in [3.8, 4) is 0 Å². The second kappa shape index (κ2) is 5.37. The maximum Gasteiger partial charge on any atom is 0.138 e. The summed E-state index contributed by atoms with van der Waals surface area (Å²) in [5.74, 6) is -0.248. The lowest BCUT2D eigenvalue weighted by Gasteiger charge is -2.05. The molecule has 0 bridgehead atoms. The number of ketones is 1. The van der Waals surface area contributed by atoms with Gasteiger partial charge in [0.15, 0.2) is 0 Å². The third kappa shape index (κ3) is 4.10. The molecule has 0 aliphatic rings. The van der Waals surface area contributed by atoms with Crippen molar-refractivity contribution in [1.82, 2.24) is 0 Å². The second-order valence-corrected chi connectivity index (χ2v) is 4.50. The monoisotopic (exact) mass is 273 g/mol. The maximum absolute atomic E-state index is 12.9. The van der Waals surface area contributed by atoms with Crippen LogP contribution in [0.25, 0.3) is 0 Å². The highest BCUT2D eigenvalue weighted by atomic mass is 79.9. The molecule has 0 radical (unpaired) electrons. The van der Waals surface area contributed by atoms with Crippen LogP contribution in [0.2, 0.25) is 0 Å². The van der Waals surface area contributed by atoms with Crippen molar-refractivity contribution in [2.75, 3.05) is 0 Å². The van der Waals surface area contributed by atoms with E-state index in [0.29, 0.717) is 17.3 Å². The molecule has 1 aromatic rings. The van der Waals surface area contributed by atoms with E-state index in [1.807, 2.05) is 0 Å². The molecule has 0 spiro atoms. The Morgan fingerprint density at radius 2 is 2.27 bits per heavy atom. The topological polar surface area (TPSA) is 43.1 Å². The van der Waals surface area contributed by atoms with Gasteiger partial charge in [-0.3, -0.25) is 4.79 Å². The van der Waals surface area contributed by atoms with E-state index in [2.05, 4.69) is 15.9 Å². The number of hydrogen-bond acceptors (Lipinski definition) is 2. The minimum Gasteiger partial charge on any atom is -0.328 e. The SMILES string of the molecule is CC(N)CC(=O)Cc1ccc(F)c(Br)c1. The third-order valence-corrected chi connectivity index (χ3v) is 2.54. The van der Waals surface area contributed by atoms with Gasteiger partial charge in [-0.25, -0.2) is 4.39 Å². The first kappa shape index (κ1) is 12.3. The van der Waals surface area contributed by atoms with Crippen molar-refractivity contribution < 1.29 is 9.18 Å². The fourth-order valence-electron chi connectivity index (χ4n) is 1.31. The van der Waals surface area contributed by atoms with E-state index in [4.69, 9.17) is 5.73 Å². The fraction of sp³-hybridized carbons (Fsp3) is 0.364. The van der Waals surface area contributed by atoms with Gasteiger partial charge in [0, 0.05) is 18.9 Å². The lowest BCUT2D eigenvalue weighted by Crippen LogP contribution is -2.20. The molecule has 0 aliphatic carbocycles. The molecule has 1 rings (SSSR count). The third-order valence-electron chi connectivity index (χ3n) is 1.93. The molecule has 0 fully saturated rings. The Kier molecular flexibility index (Phi) is 4.42. The van der Waals surface area contributed by atoms with Crippen LogP contribution in [0.15, 0.2) is 22.7 Å². The molecule has 1 atom stereocenters. The van der Waals surface area contributed by atoms with Gasteiger partial charge in [0.1, 0.15) is 11.6 Å². The van der Waals surface area contributed by atoms with Gasteiger partial charge in [0.05, 0.1) is 4.47 Å². The molecular weight excluding hydrogens is 261 g/mol. The number of rotatable bonds is 4. The van der Waals surface area contributed by atoms with Crippen LogP contribution in [0, 0.1) is 5.82 Å². The van der Waals surface area contributed by atoms with Crippen molar-refractivity contribution in [3.63, 3.8) is 0 Å². The van der Waals surface area contributed by atoms with Crippen LogP contribution in [0.5, 0.6) is 0 Å². The normalized spacial score (nSPS) is 12.5. The summed E-state index contributed by atoms with van der Waals surface area (Å²) in [5, 5.41) is 0. The minimum absolute atomic E-state index is 0.0727. The number of hydrogen-bond donors (Lipinski definition) is 1. The van der Waals surface area contributed by atoms with Crippen LogP contribution in [0.3, 0.4) is 0 Å². The molecular formula is C11H13BrFNO. The van der Waals surface area contributed by atoms with E-state index in [9.17, 15) is 9.18 Å². The Bertz CT molecular complexity index is 366. The quantitative estimate of drug-likeness (QED) is 0.916. The van der Waals surface area contributed by atoms with E-state index in [1.165, 1.54) is 6.07 Å². The lowest BCUT2D eigenvalue weighted by atomic mass is 10.0. The summed E-state index contributed by atoms with van der Waals surface area (Å²) in [7, 11) is 0. The smallest absolute Gasteiger partial charge is 0.138 e. The molecule has 4 heteroatoms. The molecule has 1 aromatic carbocycles. The Hall–Kier alpha value is -0.740. The summed E-state index contributed by atoms with van der Waals surface area (Å²) < 4.78 is 13.3. The predicted molar refractivity (Wildman–Crippen MR) is 61.1 cm³/mol. The van der Waals surface area contributed by atoms with Crippen LogP contribution in [-0.2, 0) is 11.2 Å². The average molecular weight is 274 g/mol. The molecule has 1 unspecified atom stereocenters. The summed E-state index contributed by atoms with van der Waals surface area (Å²) in [6.07, 6.45) is 0.662. The van der Waals surface area contributed by atoms with Gasteiger partial charge in [-0.1, -0.05) is 6.07 Å². The largest absolute Gasteiger partial charge is 0.328 e. The lowest BCUT2D eigenvalue weighted by molar-refractivity contribution is -0.118. The maximum atomic E-state index is 12.9. The Labute approximate surface area is 96.8 Å². The molecule has 0 aliphatic heterocycles. The summed E-state index contributed by atoms with van der Waals surface area (Å²) in [6.45, 7) is 1.79. The summed E-state index contributed by atoms with van der Waals surface area (Å²) in [5.41, 5.74) is 6.31. The summed E-state index contributed by atoms with van der Waals surface area (Å²) >= 11 is 3.08. The van der Waals surface area contributed by atoms with Gasteiger partial charge in [-0.2, -0.15) is 0 Å². The molecule has 0 aromatic heterocycles. The van der Waals surface area contributed by atoms with Gasteiger partial charge < -0.3 is 5.73 Å². The zero-order valence-corrected chi connectivity index (χ0v) is 10.1. The van der Waals surface area contributed by atoms with Crippen molar-refractivity contribution in [2.45, 2.75) is 25.8 Å². The molecule has 2 nitrogen and oxygen atoms in total. The average Bonchev–Trinajstić information content (AvgIpc) is 2.10. The Balaban J connectivity index is 2.65. The Morgan fingerprint density at radius 3 is 2.80 bits per heavy atom. The van der Waals surface area contributed by atoms with Crippen LogP contribution < -0.4 is 5.73 Å². The number of nitrogens with two attached hydrogens (primary N) is 1. The summed E-state index contributed by atoms with van der Waals surface area (Å²) in [6, 6.07) is 4.45.